The summed E-state index contributed by atoms with van der Waals surface area (Å²) in [5, 5.41) is 11.1. The largest absolute Gasteiger partial charge is 0.478 e. The number of carbonyl (C=O) groups excluding carboxylic acids is 2. The van der Waals surface area contributed by atoms with Gasteiger partial charge in [0.25, 0.3) is 5.91 Å². The zero-order valence-electron chi connectivity index (χ0n) is 9.29. The molecule has 2 N–H and O–H groups in total. The molecule has 2 amide bonds. The number of benzene rings is 1. The summed E-state index contributed by atoms with van der Waals surface area (Å²) in [5.41, 5.74) is 1.09. The van der Waals surface area contributed by atoms with Crippen LogP contribution in [0.15, 0.2) is 36.4 Å². The fraction of sp³-hybridized carbons (Fsp3) is 0.0833. The lowest BCUT2D eigenvalue weighted by molar-refractivity contribution is -0.131. The predicted molar refractivity (Wildman–Crippen MR) is 64.2 cm³/mol. The van der Waals surface area contributed by atoms with Crippen molar-refractivity contribution in [1.29, 1.82) is 0 Å². The smallest absolute Gasteiger partial charge is 0.328 e. The van der Waals surface area contributed by atoms with Crippen LogP contribution in [0.1, 0.15) is 0 Å². The first kappa shape index (κ1) is 11.8. The van der Waals surface area contributed by atoms with Crippen LogP contribution in [0.4, 0.5) is 11.4 Å². The van der Waals surface area contributed by atoms with Crippen molar-refractivity contribution in [3.8, 4) is 0 Å². The summed E-state index contributed by atoms with van der Waals surface area (Å²) in [6, 6.07) is 6.83. The van der Waals surface area contributed by atoms with E-state index in [-0.39, 0.29) is 12.5 Å². The molecular formula is C12H10N2O4. The third-order valence-electron chi connectivity index (χ3n) is 2.41. The molecule has 0 spiro atoms. The van der Waals surface area contributed by atoms with Gasteiger partial charge in [0.1, 0.15) is 6.54 Å². The van der Waals surface area contributed by atoms with Crippen LogP contribution in [0.25, 0.3) is 0 Å². The van der Waals surface area contributed by atoms with E-state index >= 15 is 0 Å². The molecule has 0 saturated heterocycles. The second-order valence-corrected chi connectivity index (χ2v) is 3.66. The van der Waals surface area contributed by atoms with Crippen LogP contribution >= 0.6 is 0 Å². The van der Waals surface area contributed by atoms with Crippen molar-refractivity contribution in [2.24, 2.45) is 0 Å². The van der Waals surface area contributed by atoms with Crippen molar-refractivity contribution >= 4 is 29.2 Å². The molecule has 0 atom stereocenters. The fourth-order valence-corrected chi connectivity index (χ4v) is 1.66. The van der Waals surface area contributed by atoms with Gasteiger partial charge in [0.2, 0.25) is 5.91 Å². The highest BCUT2D eigenvalue weighted by Crippen LogP contribution is 2.28. The number of aliphatic carboxylic acids is 1. The summed E-state index contributed by atoms with van der Waals surface area (Å²) in [4.78, 5) is 34.8. The standard InChI is InChI=1S/C12H10N2O4/c15-10-7-14(11(16)5-6-12(17)18)9-4-2-1-3-8(9)13-10/h1-6H,7H2,(H,13,15)(H,17,18)/b6-5+. The predicted octanol–water partition coefficient (Wildman–Crippen LogP) is 0.612. The second kappa shape index (κ2) is 4.70. The number of carboxylic acids is 1. The van der Waals surface area contributed by atoms with Gasteiger partial charge in [-0.05, 0) is 12.1 Å². The molecule has 1 aliphatic rings. The maximum atomic E-state index is 11.8. The van der Waals surface area contributed by atoms with Crippen LogP contribution in [0.5, 0.6) is 0 Å². The Labute approximate surface area is 103 Å². The topological polar surface area (TPSA) is 86.7 Å². The van der Waals surface area contributed by atoms with Crippen LogP contribution in [0, 0.1) is 0 Å². The molecule has 0 unspecified atom stereocenters. The summed E-state index contributed by atoms with van der Waals surface area (Å²) in [6.45, 7) is -0.125. The summed E-state index contributed by atoms with van der Waals surface area (Å²) >= 11 is 0. The molecule has 1 heterocycles. The molecule has 2 rings (SSSR count). The fourth-order valence-electron chi connectivity index (χ4n) is 1.66. The molecule has 18 heavy (non-hydrogen) atoms. The Morgan fingerprint density at radius 2 is 2.00 bits per heavy atom. The highest BCUT2D eigenvalue weighted by molar-refractivity contribution is 6.13. The molecule has 1 aromatic carbocycles. The van der Waals surface area contributed by atoms with Crippen LogP contribution < -0.4 is 10.2 Å². The number of nitrogens with zero attached hydrogens (tertiary/aromatic N) is 1. The van der Waals surface area contributed by atoms with Crippen molar-refractivity contribution in [3.05, 3.63) is 36.4 Å². The van der Waals surface area contributed by atoms with E-state index in [1.165, 1.54) is 4.90 Å². The molecular weight excluding hydrogens is 236 g/mol. The van der Waals surface area contributed by atoms with Gasteiger partial charge in [0.05, 0.1) is 11.4 Å². The molecule has 0 aromatic heterocycles. The Hall–Kier alpha value is -2.63. The monoisotopic (exact) mass is 246 g/mol. The SMILES string of the molecule is O=C(O)/C=C/C(=O)N1CC(=O)Nc2ccccc21. The first-order chi connectivity index (χ1) is 8.58. The highest BCUT2D eigenvalue weighted by Gasteiger charge is 2.25. The van der Waals surface area contributed by atoms with E-state index in [1.807, 2.05) is 0 Å². The molecule has 6 heteroatoms. The van der Waals surface area contributed by atoms with Crippen molar-refractivity contribution < 1.29 is 19.5 Å². The number of nitrogens with one attached hydrogen (secondary N) is 1. The zero-order valence-corrected chi connectivity index (χ0v) is 9.29. The second-order valence-electron chi connectivity index (χ2n) is 3.66. The van der Waals surface area contributed by atoms with Gasteiger partial charge in [-0.25, -0.2) is 4.79 Å². The van der Waals surface area contributed by atoms with Crippen LogP contribution in [-0.4, -0.2) is 29.4 Å². The number of para-hydroxylation sites is 2. The van der Waals surface area contributed by atoms with Gasteiger partial charge in [-0.2, -0.15) is 0 Å². The lowest BCUT2D eigenvalue weighted by Crippen LogP contribution is -2.41. The molecule has 92 valence electrons. The first-order valence-corrected chi connectivity index (χ1v) is 5.19. The lowest BCUT2D eigenvalue weighted by atomic mass is 10.2. The van der Waals surface area contributed by atoms with E-state index in [9.17, 15) is 14.4 Å². The highest BCUT2D eigenvalue weighted by atomic mass is 16.4. The summed E-state index contributed by atoms with van der Waals surface area (Å²) < 4.78 is 0. The van der Waals surface area contributed by atoms with Gasteiger partial charge in [0.15, 0.2) is 0 Å². The molecule has 6 nitrogen and oxygen atoms in total. The Kier molecular flexibility index (Phi) is 3.09. The van der Waals surface area contributed by atoms with E-state index in [1.54, 1.807) is 24.3 Å². The van der Waals surface area contributed by atoms with E-state index < -0.39 is 11.9 Å². The third-order valence-corrected chi connectivity index (χ3v) is 2.41. The number of anilines is 2. The van der Waals surface area contributed by atoms with E-state index in [4.69, 9.17) is 5.11 Å². The number of hydrogen-bond donors (Lipinski definition) is 2. The molecule has 1 aromatic rings. The molecule has 0 fully saturated rings. The van der Waals surface area contributed by atoms with Crippen LogP contribution in [0.2, 0.25) is 0 Å². The van der Waals surface area contributed by atoms with E-state index in [2.05, 4.69) is 5.32 Å². The number of carbonyl (C=O) groups is 3. The quantitative estimate of drug-likeness (QED) is 0.748. The Morgan fingerprint density at radius 3 is 2.72 bits per heavy atom. The van der Waals surface area contributed by atoms with Crippen LogP contribution in [0.3, 0.4) is 0 Å². The van der Waals surface area contributed by atoms with Gasteiger partial charge >= 0.3 is 5.97 Å². The first-order valence-electron chi connectivity index (χ1n) is 5.19. The molecule has 0 saturated carbocycles. The zero-order chi connectivity index (χ0) is 13.1. The van der Waals surface area contributed by atoms with Gasteiger partial charge in [-0.15, -0.1) is 0 Å². The third kappa shape index (κ3) is 2.37. The normalized spacial score (nSPS) is 14.2. The number of fused-ring (bicyclic) bond motifs is 1. The average Bonchev–Trinajstić information content (AvgIpc) is 2.34. The summed E-state index contributed by atoms with van der Waals surface area (Å²) in [5.74, 6) is -2.07. The summed E-state index contributed by atoms with van der Waals surface area (Å²) in [7, 11) is 0. The molecule has 1 aliphatic heterocycles. The molecule has 0 radical (unpaired) electrons. The van der Waals surface area contributed by atoms with Crippen LogP contribution in [-0.2, 0) is 14.4 Å². The molecule has 0 aliphatic carbocycles. The minimum absolute atomic E-state index is 0.125. The Bertz CT molecular complexity index is 551. The van der Waals surface area contributed by atoms with Crippen molar-refractivity contribution in [3.63, 3.8) is 0 Å². The number of carboxylic acid groups (broad SMARTS) is 1. The van der Waals surface area contributed by atoms with Gasteiger partial charge in [-0.3, -0.25) is 14.5 Å². The van der Waals surface area contributed by atoms with Crippen molar-refractivity contribution in [1.82, 2.24) is 0 Å². The average molecular weight is 246 g/mol. The van der Waals surface area contributed by atoms with Crippen molar-refractivity contribution in [2.75, 3.05) is 16.8 Å². The van der Waals surface area contributed by atoms with Crippen molar-refractivity contribution in [2.45, 2.75) is 0 Å². The number of hydrogen-bond acceptors (Lipinski definition) is 3. The van der Waals surface area contributed by atoms with Gasteiger partial charge < -0.3 is 10.4 Å². The van der Waals surface area contributed by atoms with E-state index in [0.717, 1.165) is 12.2 Å². The van der Waals surface area contributed by atoms with Gasteiger partial charge in [-0.1, -0.05) is 12.1 Å². The number of amides is 2. The Morgan fingerprint density at radius 1 is 1.28 bits per heavy atom. The van der Waals surface area contributed by atoms with Gasteiger partial charge in [0, 0.05) is 12.2 Å². The lowest BCUT2D eigenvalue weighted by Gasteiger charge is -2.28. The number of rotatable bonds is 2. The minimum Gasteiger partial charge on any atom is -0.478 e. The maximum absolute atomic E-state index is 11.8. The Balaban J connectivity index is 2.31. The maximum Gasteiger partial charge on any atom is 0.328 e. The van der Waals surface area contributed by atoms with E-state index in [0.29, 0.717) is 11.4 Å². The molecule has 0 bridgehead atoms. The summed E-state index contributed by atoms with van der Waals surface area (Å²) in [6.07, 6.45) is 1.68. The minimum atomic E-state index is -1.21.